The minimum absolute atomic E-state index is 0.465. The average molecular weight is 228 g/mol. The van der Waals surface area contributed by atoms with Crippen molar-refractivity contribution in [2.75, 3.05) is 12.3 Å². The first-order chi connectivity index (χ1) is 8.33. The van der Waals surface area contributed by atoms with Gasteiger partial charge in [0.05, 0.1) is 17.2 Å². The van der Waals surface area contributed by atoms with Crippen molar-refractivity contribution in [3.63, 3.8) is 0 Å². The van der Waals surface area contributed by atoms with Crippen LogP contribution in [0.15, 0.2) is 24.4 Å². The first-order valence-corrected chi connectivity index (χ1v) is 6.08. The van der Waals surface area contributed by atoms with E-state index >= 15 is 0 Å². The standard InChI is InChI=1S/C13H16N4/c14-13-8-16-12-7-9(4-5-11(12)17-13)10-3-1-2-6-15-10/h4-5,7-8,10,15H,1-3,6H2,(H2,14,17). The summed E-state index contributed by atoms with van der Waals surface area (Å²) in [5.41, 5.74) is 8.71. The van der Waals surface area contributed by atoms with Gasteiger partial charge in [-0.15, -0.1) is 0 Å². The van der Waals surface area contributed by atoms with Gasteiger partial charge in [-0.3, -0.25) is 4.98 Å². The minimum atomic E-state index is 0.465. The Morgan fingerprint density at radius 3 is 3.00 bits per heavy atom. The van der Waals surface area contributed by atoms with E-state index in [0.29, 0.717) is 11.9 Å². The Bertz CT molecular complexity index is 532. The van der Waals surface area contributed by atoms with Gasteiger partial charge < -0.3 is 11.1 Å². The Morgan fingerprint density at radius 1 is 1.24 bits per heavy atom. The molecule has 1 saturated heterocycles. The number of nitrogens with two attached hydrogens (primary N) is 1. The second kappa shape index (κ2) is 4.30. The highest BCUT2D eigenvalue weighted by atomic mass is 14.9. The first-order valence-electron chi connectivity index (χ1n) is 6.08. The summed E-state index contributed by atoms with van der Waals surface area (Å²) < 4.78 is 0. The number of hydrogen-bond donors (Lipinski definition) is 2. The molecule has 0 radical (unpaired) electrons. The maximum absolute atomic E-state index is 5.62. The van der Waals surface area contributed by atoms with Crippen molar-refractivity contribution in [2.45, 2.75) is 25.3 Å². The van der Waals surface area contributed by atoms with Gasteiger partial charge >= 0.3 is 0 Å². The molecule has 4 heteroatoms. The van der Waals surface area contributed by atoms with Gasteiger partial charge in [0, 0.05) is 6.04 Å². The van der Waals surface area contributed by atoms with Gasteiger partial charge in [-0.2, -0.15) is 0 Å². The van der Waals surface area contributed by atoms with E-state index in [-0.39, 0.29) is 0 Å². The summed E-state index contributed by atoms with van der Waals surface area (Å²) in [5, 5.41) is 3.54. The largest absolute Gasteiger partial charge is 0.382 e. The van der Waals surface area contributed by atoms with Crippen LogP contribution in [0.1, 0.15) is 30.9 Å². The Balaban J connectivity index is 1.98. The maximum atomic E-state index is 5.62. The van der Waals surface area contributed by atoms with Crippen LogP contribution in [-0.2, 0) is 0 Å². The zero-order chi connectivity index (χ0) is 11.7. The molecule has 2 heterocycles. The van der Waals surface area contributed by atoms with Crippen molar-refractivity contribution in [1.82, 2.24) is 15.3 Å². The highest BCUT2D eigenvalue weighted by molar-refractivity contribution is 5.76. The molecule has 3 N–H and O–H groups in total. The van der Waals surface area contributed by atoms with E-state index < -0.39 is 0 Å². The molecule has 0 aliphatic carbocycles. The predicted octanol–water partition coefficient (Wildman–Crippen LogP) is 2.03. The molecule has 17 heavy (non-hydrogen) atoms. The van der Waals surface area contributed by atoms with Crippen LogP contribution in [0.5, 0.6) is 0 Å². The van der Waals surface area contributed by atoms with Crippen LogP contribution < -0.4 is 11.1 Å². The van der Waals surface area contributed by atoms with Gasteiger partial charge in [0.1, 0.15) is 5.82 Å². The second-order valence-corrected chi connectivity index (χ2v) is 4.55. The molecule has 1 aliphatic rings. The summed E-state index contributed by atoms with van der Waals surface area (Å²) in [4.78, 5) is 8.58. The highest BCUT2D eigenvalue weighted by Gasteiger charge is 2.15. The maximum Gasteiger partial charge on any atom is 0.142 e. The van der Waals surface area contributed by atoms with Gasteiger partial charge in [-0.05, 0) is 37.1 Å². The van der Waals surface area contributed by atoms with E-state index in [1.54, 1.807) is 6.20 Å². The Labute approximate surface area is 100 Å². The quantitative estimate of drug-likeness (QED) is 0.784. The second-order valence-electron chi connectivity index (χ2n) is 4.55. The third-order valence-corrected chi connectivity index (χ3v) is 3.30. The van der Waals surface area contributed by atoms with Crippen LogP contribution in [0, 0.1) is 0 Å². The van der Waals surface area contributed by atoms with Crippen LogP contribution in [0.2, 0.25) is 0 Å². The lowest BCUT2D eigenvalue weighted by Gasteiger charge is -2.23. The molecule has 1 atom stereocenters. The lowest BCUT2D eigenvalue weighted by Crippen LogP contribution is -2.26. The zero-order valence-electron chi connectivity index (χ0n) is 9.69. The van der Waals surface area contributed by atoms with E-state index in [4.69, 9.17) is 5.73 Å². The number of nitrogens with one attached hydrogen (secondary N) is 1. The Morgan fingerprint density at radius 2 is 2.18 bits per heavy atom. The fraction of sp³-hybridized carbons (Fsp3) is 0.385. The van der Waals surface area contributed by atoms with Crippen molar-refractivity contribution in [3.8, 4) is 0 Å². The number of fused-ring (bicyclic) bond motifs is 1. The van der Waals surface area contributed by atoms with Crippen molar-refractivity contribution >= 4 is 16.9 Å². The van der Waals surface area contributed by atoms with E-state index in [2.05, 4.69) is 27.4 Å². The predicted molar refractivity (Wildman–Crippen MR) is 68.5 cm³/mol. The van der Waals surface area contributed by atoms with Crippen LogP contribution in [0.4, 0.5) is 5.82 Å². The van der Waals surface area contributed by atoms with E-state index in [9.17, 15) is 0 Å². The first kappa shape index (κ1) is 10.5. The van der Waals surface area contributed by atoms with Crippen LogP contribution in [0.3, 0.4) is 0 Å². The molecule has 88 valence electrons. The van der Waals surface area contributed by atoms with Gasteiger partial charge in [0.25, 0.3) is 0 Å². The normalized spacial score (nSPS) is 20.6. The molecule has 1 aromatic heterocycles. The number of aromatic nitrogens is 2. The topological polar surface area (TPSA) is 63.8 Å². The third-order valence-electron chi connectivity index (χ3n) is 3.30. The fourth-order valence-electron chi connectivity index (χ4n) is 2.40. The molecule has 0 amide bonds. The summed E-state index contributed by atoms with van der Waals surface area (Å²) in [6.07, 6.45) is 5.39. The number of piperidine rings is 1. The molecular formula is C13H16N4. The summed E-state index contributed by atoms with van der Waals surface area (Å²) in [5.74, 6) is 0.473. The van der Waals surface area contributed by atoms with Crippen molar-refractivity contribution in [2.24, 2.45) is 0 Å². The van der Waals surface area contributed by atoms with Crippen LogP contribution >= 0.6 is 0 Å². The summed E-state index contributed by atoms with van der Waals surface area (Å²) in [7, 11) is 0. The lowest BCUT2D eigenvalue weighted by molar-refractivity contribution is 0.412. The van der Waals surface area contributed by atoms with Crippen molar-refractivity contribution in [1.29, 1.82) is 0 Å². The molecule has 0 spiro atoms. The van der Waals surface area contributed by atoms with Gasteiger partial charge in [0.2, 0.25) is 0 Å². The van der Waals surface area contributed by atoms with Crippen molar-refractivity contribution < 1.29 is 0 Å². The summed E-state index contributed by atoms with van der Waals surface area (Å²) in [6.45, 7) is 1.11. The minimum Gasteiger partial charge on any atom is -0.382 e. The zero-order valence-corrected chi connectivity index (χ0v) is 9.69. The van der Waals surface area contributed by atoms with Crippen LogP contribution in [0.25, 0.3) is 11.0 Å². The number of benzene rings is 1. The molecular weight excluding hydrogens is 212 g/mol. The number of hydrogen-bond acceptors (Lipinski definition) is 4. The number of rotatable bonds is 1. The molecule has 1 aromatic carbocycles. The molecule has 1 unspecified atom stereocenters. The van der Waals surface area contributed by atoms with Crippen molar-refractivity contribution in [3.05, 3.63) is 30.0 Å². The number of anilines is 1. The number of nitrogens with zero attached hydrogens (tertiary/aromatic N) is 2. The number of nitrogen functional groups attached to an aromatic ring is 1. The Kier molecular flexibility index (Phi) is 2.65. The van der Waals surface area contributed by atoms with Crippen LogP contribution in [-0.4, -0.2) is 16.5 Å². The molecule has 1 aliphatic heterocycles. The van der Waals surface area contributed by atoms with E-state index in [1.807, 2.05) is 6.07 Å². The summed E-state index contributed by atoms with van der Waals surface area (Å²) in [6, 6.07) is 6.71. The smallest absolute Gasteiger partial charge is 0.142 e. The third kappa shape index (κ3) is 2.08. The molecule has 4 nitrogen and oxygen atoms in total. The monoisotopic (exact) mass is 228 g/mol. The van der Waals surface area contributed by atoms with Gasteiger partial charge in [0.15, 0.2) is 0 Å². The van der Waals surface area contributed by atoms with Gasteiger partial charge in [-0.1, -0.05) is 12.5 Å². The highest BCUT2D eigenvalue weighted by Crippen LogP contribution is 2.25. The molecule has 0 saturated carbocycles. The molecule has 0 bridgehead atoms. The lowest BCUT2D eigenvalue weighted by atomic mass is 9.97. The SMILES string of the molecule is Nc1cnc2cc(C3CCCCN3)ccc2n1. The van der Waals surface area contributed by atoms with Gasteiger partial charge in [-0.25, -0.2) is 4.98 Å². The van der Waals surface area contributed by atoms with E-state index in [0.717, 1.165) is 17.6 Å². The molecule has 2 aromatic rings. The molecule has 1 fully saturated rings. The average Bonchev–Trinajstić information content (AvgIpc) is 2.39. The Hall–Kier alpha value is -1.68. The molecule has 3 rings (SSSR count). The fourth-order valence-corrected chi connectivity index (χ4v) is 2.40. The van der Waals surface area contributed by atoms with E-state index in [1.165, 1.54) is 24.8 Å². The summed E-state index contributed by atoms with van der Waals surface area (Å²) >= 11 is 0.